The van der Waals surface area contributed by atoms with Gasteiger partial charge < -0.3 is 9.26 Å². The van der Waals surface area contributed by atoms with Crippen LogP contribution in [0.4, 0.5) is 0 Å². The summed E-state index contributed by atoms with van der Waals surface area (Å²) in [6.45, 7) is 8.88. The number of esters is 2. The van der Waals surface area contributed by atoms with E-state index in [1.807, 2.05) is 0 Å². The van der Waals surface area contributed by atoms with Crippen molar-refractivity contribution in [2.75, 3.05) is 13.2 Å². The van der Waals surface area contributed by atoms with Gasteiger partial charge in [-0.2, -0.15) is 0 Å². The first-order valence-electron chi connectivity index (χ1n) is 10.3. The fraction of sp³-hybridized carbons (Fsp3) is 0.750. The van der Waals surface area contributed by atoms with E-state index in [1.165, 1.54) is 0 Å². The Hall–Kier alpha value is -1.15. The van der Waals surface area contributed by atoms with E-state index in [9.17, 15) is 18.9 Å². The number of hydrogen-bond donors (Lipinski definition) is 0. The van der Waals surface area contributed by atoms with Crippen molar-refractivity contribution in [1.82, 2.24) is 0 Å². The van der Waals surface area contributed by atoms with Crippen LogP contribution in [0.1, 0.15) is 53.9 Å². The van der Waals surface area contributed by atoms with E-state index in [0.29, 0.717) is 12.8 Å². The summed E-state index contributed by atoms with van der Waals surface area (Å²) >= 11 is 0.937. The number of fused-ring (bicyclic) bond motifs is 3. The molecule has 10 heteroatoms. The van der Waals surface area contributed by atoms with Crippen molar-refractivity contribution < 1.29 is 37.3 Å². The molecule has 0 N–H and O–H groups in total. The highest BCUT2D eigenvalue weighted by atomic mass is 32.2. The maximum atomic E-state index is 13.2. The summed E-state index contributed by atoms with van der Waals surface area (Å²) in [4.78, 5) is 38.0. The zero-order chi connectivity index (χ0) is 22.3. The van der Waals surface area contributed by atoms with Crippen molar-refractivity contribution in [2.45, 2.75) is 59.1 Å². The van der Waals surface area contributed by atoms with E-state index >= 15 is 0 Å². The van der Waals surface area contributed by atoms with Crippen LogP contribution in [-0.2, 0) is 37.3 Å². The van der Waals surface area contributed by atoms with Crippen molar-refractivity contribution in [2.24, 2.45) is 23.2 Å². The Morgan fingerprint density at radius 1 is 1.13 bits per heavy atom. The number of carbonyl (C=O) groups is 3. The molecular formula is C20H29O8PS. The molecular weight excluding hydrogens is 431 g/mol. The van der Waals surface area contributed by atoms with Gasteiger partial charge in [0.15, 0.2) is 5.12 Å². The third-order valence-corrected chi connectivity index (χ3v) is 8.66. The fourth-order valence-electron chi connectivity index (χ4n) is 4.23. The Morgan fingerprint density at radius 3 is 2.30 bits per heavy atom. The van der Waals surface area contributed by atoms with Gasteiger partial charge in [0.1, 0.15) is 5.76 Å². The first-order chi connectivity index (χ1) is 14.0. The molecule has 3 aliphatic rings. The lowest BCUT2D eigenvalue weighted by Gasteiger charge is -2.37. The summed E-state index contributed by atoms with van der Waals surface area (Å²) in [5.41, 5.74) is 0.125. The molecule has 2 fully saturated rings. The lowest BCUT2D eigenvalue weighted by atomic mass is 9.73. The van der Waals surface area contributed by atoms with Crippen LogP contribution in [0, 0.1) is 23.2 Å². The highest BCUT2D eigenvalue weighted by Gasteiger charge is 2.60. The maximum Gasteiger partial charge on any atom is 0.529 e. The smallest absolute Gasteiger partial charge is 0.407 e. The molecule has 4 atom stereocenters. The monoisotopic (exact) mass is 460 g/mol. The summed E-state index contributed by atoms with van der Waals surface area (Å²) < 4.78 is 34.6. The number of allylic oxidation sites excluding steroid dienone is 1. The van der Waals surface area contributed by atoms with Gasteiger partial charge in [0.25, 0.3) is 0 Å². The van der Waals surface area contributed by atoms with Crippen LogP contribution >= 0.6 is 19.6 Å². The van der Waals surface area contributed by atoms with Crippen LogP contribution in [0.25, 0.3) is 0 Å². The van der Waals surface area contributed by atoms with Gasteiger partial charge in [-0.25, -0.2) is 4.57 Å². The summed E-state index contributed by atoms with van der Waals surface area (Å²) in [5, 5.41) is -0.988. The van der Waals surface area contributed by atoms with Crippen LogP contribution < -0.4 is 0 Å². The Labute approximate surface area is 181 Å². The average molecular weight is 460 g/mol. The zero-order valence-electron chi connectivity index (χ0n) is 18.0. The van der Waals surface area contributed by atoms with Crippen LogP contribution in [0.5, 0.6) is 0 Å². The molecule has 1 aliphatic heterocycles. The Bertz CT molecular complexity index is 804. The molecule has 0 radical (unpaired) electrons. The minimum absolute atomic E-state index is 0.106. The molecule has 168 valence electrons. The molecule has 2 aliphatic carbocycles. The van der Waals surface area contributed by atoms with E-state index in [-0.39, 0.29) is 30.0 Å². The standard InChI is InChI=1S/C20H29O8PS/c1-6-25-29(24,26-7-2)28-15-12-10-8-9-11(12)13-14(18(22)27-17(13)21)16(15)30-19(23)20(3,4)5/h11,13-14,16H,6-10H2,1-5H3/t11-,13-,14-,16-/m0/s1. The van der Waals surface area contributed by atoms with Crippen LogP contribution in [0.15, 0.2) is 11.3 Å². The topological polar surface area (TPSA) is 105 Å². The van der Waals surface area contributed by atoms with Gasteiger partial charge in [-0.15, -0.1) is 0 Å². The van der Waals surface area contributed by atoms with Crippen molar-refractivity contribution in [3.63, 3.8) is 0 Å². The number of hydrogen-bond acceptors (Lipinski definition) is 9. The first kappa shape index (κ1) is 23.5. The lowest BCUT2D eigenvalue weighted by molar-refractivity contribution is -0.154. The van der Waals surface area contributed by atoms with E-state index in [1.54, 1.807) is 34.6 Å². The summed E-state index contributed by atoms with van der Waals surface area (Å²) in [5.74, 6) is -2.70. The summed E-state index contributed by atoms with van der Waals surface area (Å²) in [6.07, 6.45) is 2.13. The number of phosphoric ester groups is 1. The summed E-state index contributed by atoms with van der Waals surface area (Å²) in [6, 6.07) is 0. The third kappa shape index (κ3) is 4.40. The number of phosphoric acid groups is 1. The normalized spacial score (nSPS) is 29.0. The minimum atomic E-state index is -3.95. The SMILES string of the molecule is CCOP(=O)(OCC)OC1=C2CCC[C@@H]2[C@@H]2C(=O)OC(=O)[C@@H]2[C@@H]1SC(=O)C(C)(C)C. The maximum absolute atomic E-state index is 13.2. The van der Waals surface area contributed by atoms with E-state index in [0.717, 1.165) is 23.8 Å². The van der Waals surface area contributed by atoms with Gasteiger partial charge in [0.05, 0.1) is 30.3 Å². The molecule has 1 saturated heterocycles. The molecule has 0 aromatic heterocycles. The minimum Gasteiger partial charge on any atom is -0.407 e. The second-order valence-electron chi connectivity index (χ2n) is 8.63. The second-order valence-corrected chi connectivity index (χ2v) is 11.3. The highest BCUT2D eigenvalue weighted by molar-refractivity contribution is 8.14. The Balaban J connectivity index is 2.08. The van der Waals surface area contributed by atoms with Gasteiger partial charge >= 0.3 is 19.8 Å². The third-order valence-electron chi connectivity index (χ3n) is 5.51. The van der Waals surface area contributed by atoms with E-state index < -0.39 is 42.3 Å². The van der Waals surface area contributed by atoms with Crippen LogP contribution in [0.2, 0.25) is 0 Å². The molecule has 8 nitrogen and oxygen atoms in total. The molecule has 0 aromatic carbocycles. The second kappa shape index (κ2) is 8.77. The summed E-state index contributed by atoms with van der Waals surface area (Å²) in [7, 11) is -3.95. The molecule has 3 rings (SSSR count). The van der Waals surface area contributed by atoms with E-state index in [2.05, 4.69) is 0 Å². The molecule has 0 spiro atoms. The fourth-order valence-corrected chi connectivity index (χ4v) is 6.90. The number of ether oxygens (including phenoxy) is 1. The molecule has 30 heavy (non-hydrogen) atoms. The average Bonchev–Trinajstić information content (AvgIpc) is 3.21. The lowest BCUT2D eigenvalue weighted by Crippen LogP contribution is -2.41. The van der Waals surface area contributed by atoms with Crippen LogP contribution in [-0.4, -0.2) is 35.5 Å². The largest absolute Gasteiger partial charge is 0.529 e. The van der Waals surface area contributed by atoms with Crippen molar-refractivity contribution >= 4 is 36.6 Å². The Kier molecular flexibility index (Phi) is 6.87. The first-order valence-corrected chi connectivity index (χ1v) is 12.6. The molecule has 0 amide bonds. The zero-order valence-corrected chi connectivity index (χ0v) is 19.7. The highest BCUT2D eigenvalue weighted by Crippen LogP contribution is 2.60. The Morgan fingerprint density at radius 2 is 1.73 bits per heavy atom. The van der Waals surface area contributed by atoms with Gasteiger partial charge in [-0.05, 0) is 44.6 Å². The van der Waals surface area contributed by atoms with Gasteiger partial charge in [0.2, 0.25) is 0 Å². The molecule has 0 aromatic rings. The van der Waals surface area contributed by atoms with E-state index in [4.69, 9.17) is 18.3 Å². The van der Waals surface area contributed by atoms with Gasteiger partial charge in [0, 0.05) is 5.41 Å². The van der Waals surface area contributed by atoms with Crippen molar-refractivity contribution in [3.05, 3.63) is 11.3 Å². The molecule has 0 unspecified atom stereocenters. The van der Waals surface area contributed by atoms with Crippen molar-refractivity contribution in [3.8, 4) is 0 Å². The quantitative estimate of drug-likeness (QED) is 0.313. The predicted octanol–water partition coefficient (Wildman–Crippen LogP) is 4.24. The van der Waals surface area contributed by atoms with Crippen LogP contribution in [0.3, 0.4) is 0 Å². The number of cyclic esters (lactones) is 2. The van der Waals surface area contributed by atoms with Gasteiger partial charge in [-0.1, -0.05) is 32.5 Å². The number of rotatable bonds is 7. The molecule has 1 saturated carbocycles. The van der Waals surface area contributed by atoms with Crippen molar-refractivity contribution in [1.29, 1.82) is 0 Å². The number of carbonyl (C=O) groups excluding carboxylic acids is 3. The molecule has 0 bridgehead atoms. The molecule has 1 heterocycles. The van der Waals surface area contributed by atoms with Gasteiger partial charge in [-0.3, -0.25) is 23.4 Å². The predicted molar refractivity (Wildman–Crippen MR) is 110 cm³/mol. The number of thioether (sulfide) groups is 1.